The third kappa shape index (κ3) is 7.20. The number of aryl methyl sites for hydroxylation is 1. The van der Waals surface area contributed by atoms with Gasteiger partial charge in [-0.3, -0.25) is 14.4 Å². The number of rotatable bonds is 8. The van der Waals surface area contributed by atoms with E-state index in [0.29, 0.717) is 64.4 Å². The average Bonchev–Trinajstić information content (AvgIpc) is 3.85. The molecule has 2 aromatic heterocycles. The van der Waals surface area contributed by atoms with Crippen LogP contribution >= 0.6 is 0 Å². The number of carbonyl (C=O) groups excluding carboxylic acids is 4. The van der Waals surface area contributed by atoms with Crippen molar-refractivity contribution in [3.8, 4) is 17.2 Å². The van der Waals surface area contributed by atoms with E-state index in [1.165, 1.54) is 15.8 Å². The first-order chi connectivity index (χ1) is 24.6. The molecule has 1 saturated heterocycles. The number of para-hydroxylation sites is 1. The zero-order chi connectivity index (χ0) is 37.5. The lowest BCUT2D eigenvalue weighted by Crippen LogP contribution is -2.42. The summed E-state index contributed by atoms with van der Waals surface area (Å²) < 4.78 is 13.1. The van der Waals surface area contributed by atoms with Gasteiger partial charge in [-0.25, -0.2) is 9.48 Å². The highest BCUT2D eigenvalue weighted by Crippen LogP contribution is 2.31. The van der Waals surface area contributed by atoms with Gasteiger partial charge < -0.3 is 34.9 Å². The summed E-state index contributed by atoms with van der Waals surface area (Å²) >= 11 is 0. The number of H-pyrrole nitrogens is 1. The van der Waals surface area contributed by atoms with E-state index in [4.69, 9.17) is 15.2 Å². The summed E-state index contributed by atoms with van der Waals surface area (Å²) in [6.07, 6.45) is 1.66. The largest absolute Gasteiger partial charge is 0.457 e. The van der Waals surface area contributed by atoms with E-state index in [0.717, 1.165) is 5.56 Å². The fourth-order valence-corrected chi connectivity index (χ4v) is 6.20. The Morgan fingerprint density at radius 2 is 1.71 bits per heavy atom. The Bertz CT molecular complexity index is 2190. The number of nitrogens with zero attached hydrogens (tertiary/aromatic N) is 5. The highest BCUT2D eigenvalue weighted by molar-refractivity contribution is 6.13. The smallest absolute Gasteiger partial charge is 0.410 e. The molecule has 0 spiro atoms. The van der Waals surface area contributed by atoms with E-state index < -0.39 is 11.7 Å². The van der Waals surface area contributed by atoms with Crippen LogP contribution in [0.2, 0.25) is 0 Å². The van der Waals surface area contributed by atoms with Crippen molar-refractivity contribution < 1.29 is 28.7 Å². The predicted octanol–water partition coefficient (Wildman–Crippen LogP) is 6.05. The standard InChI is InChI=1S/C39H43N7O6/c1-23-18-27(51-33-11-9-8-10-28(33)37(49)43(5)6)13-15-32(23)46-35(40)29(21-41-46)34(47)31-20-25-19-24(12-14-30(25)42-31)36(48)45-17-16-26(22-45)44(7)38(50)52-39(2,3)4/h8-15,18-21,26,42H,16-17,22,40H2,1-7H3. The van der Waals surface area contributed by atoms with Crippen LogP contribution < -0.4 is 10.5 Å². The number of anilines is 1. The van der Waals surface area contributed by atoms with E-state index in [9.17, 15) is 19.2 Å². The number of aromatic nitrogens is 3. The van der Waals surface area contributed by atoms with Gasteiger partial charge in [0.1, 0.15) is 22.9 Å². The Morgan fingerprint density at radius 1 is 0.962 bits per heavy atom. The fourth-order valence-electron chi connectivity index (χ4n) is 6.20. The number of likely N-dealkylation sites (tertiary alicyclic amines) is 1. The lowest BCUT2D eigenvalue weighted by Gasteiger charge is -2.28. The Morgan fingerprint density at radius 3 is 2.42 bits per heavy atom. The second kappa shape index (κ2) is 13.9. The topological polar surface area (TPSA) is 156 Å². The molecule has 3 amide bonds. The van der Waals surface area contributed by atoms with E-state index in [1.54, 1.807) is 91.6 Å². The van der Waals surface area contributed by atoms with Gasteiger partial charge >= 0.3 is 6.09 Å². The molecule has 3 heterocycles. The first-order valence-corrected chi connectivity index (χ1v) is 17.0. The van der Waals surface area contributed by atoms with Gasteiger partial charge in [-0.15, -0.1) is 0 Å². The third-order valence-corrected chi connectivity index (χ3v) is 8.99. The number of benzene rings is 3. The SMILES string of the molecule is Cc1cc(Oc2ccccc2C(=O)N(C)C)ccc1-n1ncc(C(=O)c2cc3cc(C(=O)N4CCC(N(C)C(=O)OC(C)(C)C)C4)ccc3[nH]2)c1N. The molecular formula is C39H43N7O6. The summed E-state index contributed by atoms with van der Waals surface area (Å²) in [5, 5.41) is 5.13. The van der Waals surface area contributed by atoms with Crippen molar-refractivity contribution in [3.63, 3.8) is 0 Å². The fraction of sp³-hybridized carbons (Fsp3) is 0.308. The van der Waals surface area contributed by atoms with E-state index >= 15 is 0 Å². The molecule has 1 atom stereocenters. The number of ether oxygens (including phenoxy) is 2. The van der Waals surface area contributed by atoms with Gasteiger partial charge in [0.15, 0.2) is 0 Å². The number of nitrogen functional groups attached to an aromatic ring is 1. The zero-order valence-electron chi connectivity index (χ0n) is 30.4. The van der Waals surface area contributed by atoms with E-state index in [-0.39, 0.29) is 35.0 Å². The van der Waals surface area contributed by atoms with Crippen LogP contribution in [0.3, 0.4) is 0 Å². The Balaban J connectivity index is 1.16. The normalized spacial score (nSPS) is 14.4. The molecule has 3 aromatic carbocycles. The lowest BCUT2D eigenvalue weighted by atomic mass is 10.1. The van der Waals surface area contributed by atoms with E-state index in [1.807, 2.05) is 33.8 Å². The number of nitrogens with two attached hydrogens (primary N) is 1. The second-order valence-electron chi connectivity index (χ2n) is 14.2. The van der Waals surface area contributed by atoms with Gasteiger partial charge in [0.2, 0.25) is 5.78 Å². The van der Waals surface area contributed by atoms with Crippen LogP contribution in [0, 0.1) is 6.92 Å². The molecule has 0 saturated carbocycles. The van der Waals surface area contributed by atoms with Crippen molar-refractivity contribution in [2.45, 2.75) is 45.8 Å². The molecular weight excluding hydrogens is 662 g/mol. The number of nitrogens with one attached hydrogen (secondary N) is 1. The van der Waals surface area contributed by atoms with Gasteiger partial charge in [0.25, 0.3) is 11.8 Å². The number of hydrogen-bond acceptors (Lipinski definition) is 8. The minimum atomic E-state index is -0.607. The van der Waals surface area contributed by atoms with Crippen LogP contribution in [-0.4, -0.2) is 99.0 Å². The molecule has 5 aromatic rings. The number of aromatic amines is 1. The van der Waals surface area contributed by atoms with Crippen LogP contribution in [0.15, 0.2) is 72.9 Å². The van der Waals surface area contributed by atoms with Crippen LogP contribution in [0.25, 0.3) is 16.6 Å². The molecule has 0 radical (unpaired) electrons. The summed E-state index contributed by atoms with van der Waals surface area (Å²) in [5.41, 5.74) is 9.47. The monoisotopic (exact) mass is 705 g/mol. The van der Waals surface area contributed by atoms with Crippen molar-refractivity contribution in [2.24, 2.45) is 0 Å². The molecule has 1 aliphatic heterocycles. The summed E-state index contributed by atoms with van der Waals surface area (Å²) in [5.74, 6) is 0.451. The van der Waals surface area contributed by atoms with Crippen molar-refractivity contribution in [2.75, 3.05) is 40.0 Å². The Kier molecular flexibility index (Phi) is 9.54. The van der Waals surface area contributed by atoms with Gasteiger partial charge in [0, 0.05) is 50.7 Å². The number of likely N-dealkylation sites (N-methyl/N-ethyl adjacent to an activating group) is 1. The maximum absolute atomic E-state index is 13.7. The van der Waals surface area contributed by atoms with Crippen LogP contribution in [0.4, 0.5) is 10.6 Å². The van der Waals surface area contributed by atoms with Crippen LogP contribution in [0.1, 0.15) is 69.5 Å². The summed E-state index contributed by atoms with van der Waals surface area (Å²) in [4.78, 5) is 60.3. The molecule has 1 unspecified atom stereocenters. The van der Waals surface area contributed by atoms with Gasteiger partial charge in [0.05, 0.1) is 34.7 Å². The lowest BCUT2D eigenvalue weighted by molar-refractivity contribution is 0.0226. The molecule has 1 fully saturated rings. The quantitative estimate of drug-likeness (QED) is 0.185. The second-order valence-corrected chi connectivity index (χ2v) is 14.2. The number of ketones is 1. The highest BCUT2D eigenvalue weighted by Gasteiger charge is 2.33. The molecule has 270 valence electrons. The first kappa shape index (κ1) is 35.7. The molecule has 1 aliphatic rings. The molecule has 13 heteroatoms. The maximum atomic E-state index is 13.7. The molecule has 3 N–H and O–H groups in total. The van der Waals surface area contributed by atoms with Gasteiger partial charge in [-0.05, 0) is 94.3 Å². The number of carbonyl (C=O) groups is 4. The zero-order valence-corrected chi connectivity index (χ0v) is 30.4. The predicted molar refractivity (Wildman–Crippen MR) is 197 cm³/mol. The minimum absolute atomic E-state index is 0.150. The molecule has 13 nitrogen and oxygen atoms in total. The summed E-state index contributed by atoms with van der Waals surface area (Å²) in [7, 11) is 5.06. The van der Waals surface area contributed by atoms with Crippen LogP contribution in [-0.2, 0) is 4.74 Å². The van der Waals surface area contributed by atoms with Crippen molar-refractivity contribution in [3.05, 3.63) is 101 Å². The van der Waals surface area contributed by atoms with Crippen LogP contribution in [0.5, 0.6) is 11.5 Å². The molecule has 6 rings (SSSR count). The minimum Gasteiger partial charge on any atom is -0.457 e. The Hall–Kier alpha value is -6.11. The third-order valence-electron chi connectivity index (χ3n) is 8.99. The highest BCUT2D eigenvalue weighted by atomic mass is 16.6. The van der Waals surface area contributed by atoms with Crippen molar-refractivity contribution in [1.29, 1.82) is 0 Å². The maximum Gasteiger partial charge on any atom is 0.410 e. The number of amides is 3. The van der Waals surface area contributed by atoms with E-state index in [2.05, 4.69) is 10.1 Å². The number of hydrogen-bond donors (Lipinski definition) is 2. The molecule has 0 aliphatic carbocycles. The van der Waals surface area contributed by atoms with Crippen molar-refractivity contribution in [1.82, 2.24) is 29.5 Å². The van der Waals surface area contributed by atoms with Crippen molar-refractivity contribution >= 4 is 40.4 Å². The Labute approximate surface area is 301 Å². The molecule has 0 bridgehead atoms. The summed E-state index contributed by atoms with van der Waals surface area (Å²) in [6.45, 7) is 8.24. The summed E-state index contributed by atoms with van der Waals surface area (Å²) in [6, 6.07) is 19.2. The average molecular weight is 706 g/mol. The van der Waals surface area contributed by atoms with Gasteiger partial charge in [-0.2, -0.15) is 5.10 Å². The van der Waals surface area contributed by atoms with Gasteiger partial charge in [-0.1, -0.05) is 12.1 Å². The molecule has 52 heavy (non-hydrogen) atoms. The first-order valence-electron chi connectivity index (χ1n) is 17.0. The number of fused-ring (bicyclic) bond motifs is 1.